The molecule has 0 spiro atoms. The van der Waals surface area contributed by atoms with E-state index in [9.17, 15) is 14.9 Å². The molecular formula is C16H17N3O3S. The number of pyridine rings is 1. The maximum atomic E-state index is 12.6. The molecule has 1 unspecified atom stereocenters. The normalized spacial score (nSPS) is 11.7. The number of hydrogen-bond acceptors (Lipinski definition) is 5. The van der Waals surface area contributed by atoms with Gasteiger partial charge in [-0.15, -0.1) is 11.8 Å². The molecule has 1 aromatic heterocycles. The van der Waals surface area contributed by atoms with Crippen molar-refractivity contribution in [1.82, 2.24) is 4.98 Å². The number of anilines is 1. The summed E-state index contributed by atoms with van der Waals surface area (Å²) >= 11 is 1.38. The molecule has 0 saturated heterocycles. The molecule has 7 heteroatoms. The van der Waals surface area contributed by atoms with Crippen LogP contribution >= 0.6 is 11.8 Å². The van der Waals surface area contributed by atoms with Crippen LogP contribution in [0.25, 0.3) is 0 Å². The quantitative estimate of drug-likeness (QED) is 0.460. The Labute approximate surface area is 138 Å². The Balaban J connectivity index is 2.08. The Morgan fingerprint density at radius 3 is 2.39 bits per heavy atom. The summed E-state index contributed by atoms with van der Waals surface area (Å²) in [6.07, 6.45) is 3.30. The van der Waals surface area contributed by atoms with Crippen LogP contribution in [0.15, 0.2) is 53.7 Å². The third kappa shape index (κ3) is 4.29. The Morgan fingerprint density at radius 1 is 1.26 bits per heavy atom. The fourth-order valence-electron chi connectivity index (χ4n) is 2.11. The minimum Gasteiger partial charge on any atom is -0.312 e. The molecule has 0 aliphatic rings. The maximum absolute atomic E-state index is 12.6. The lowest BCUT2D eigenvalue weighted by atomic mass is 10.3. The zero-order valence-corrected chi connectivity index (χ0v) is 13.7. The van der Waals surface area contributed by atoms with Crippen molar-refractivity contribution < 1.29 is 9.72 Å². The molecule has 1 amide bonds. The fourth-order valence-corrected chi connectivity index (χ4v) is 3.04. The number of hydrogen-bond donors (Lipinski definition) is 0. The van der Waals surface area contributed by atoms with E-state index in [1.807, 2.05) is 13.8 Å². The smallest absolute Gasteiger partial charge is 0.269 e. The molecule has 23 heavy (non-hydrogen) atoms. The first-order valence-electron chi connectivity index (χ1n) is 7.15. The minimum absolute atomic E-state index is 0.0120. The van der Waals surface area contributed by atoms with E-state index in [0.717, 1.165) is 10.6 Å². The van der Waals surface area contributed by atoms with Crippen molar-refractivity contribution in [3.05, 3.63) is 58.9 Å². The molecule has 2 aromatic rings. The minimum atomic E-state index is -0.439. The number of thioether (sulfide) groups is 1. The molecule has 1 aromatic carbocycles. The molecule has 0 aliphatic carbocycles. The van der Waals surface area contributed by atoms with Gasteiger partial charge in [0.2, 0.25) is 5.91 Å². The zero-order chi connectivity index (χ0) is 16.8. The van der Waals surface area contributed by atoms with E-state index in [0.29, 0.717) is 6.54 Å². The first-order chi connectivity index (χ1) is 11.0. The van der Waals surface area contributed by atoms with E-state index in [2.05, 4.69) is 4.98 Å². The average molecular weight is 331 g/mol. The van der Waals surface area contributed by atoms with E-state index in [-0.39, 0.29) is 16.8 Å². The maximum Gasteiger partial charge on any atom is 0.269 e. The second-order valence-corrected chi connectivity index (χ2v) is 6.21. The number of carbonyl (C=O) groups excluding carboxylic acids is 1. The molecule has 2 rings (SSSR count). The van der Waals surface area contributed by atoms with Crippen LogP contribution in [0.2, 0.25) is 0 Å². The predicted molar refractivity (Wildman–Crippen MR) is 90.7 cm³/mol. The summed E-state index contributed by atoms with van der Waals surface area (Å²) in [6.45, 7) is 4.31. The second-order valence-electron chi connectivity index (χ2n) is 4.80. The van der Waals surface area contributed by atoms with Gasteiger partial charge in [-0.3, -0.25) is 19.9 Å². The topological polar surface area (TPSA) is 76.3 Å². The molecule has 0 bridgehead atoms. The molecule has 0 aliphatic heterocycles. The molecule has 120 valence electrons. The van der Waals surface area contributed by atoms with E-state index >= 15 is 0 Å². The van der Waals surface area contributed by atoms with E-state index < -0.39 is 4.92 Å². The van der Waals surface area contributed by atoms with Crippen molar-refractivity contribution in [2.45, 2.75) is 24.0 Å². The fraction of sp³-hybridized carbons (Fsp3) is 0.250. The summed E-state index contributed by atoms with van der Waals surface area (Å²) < 4.78 is 0. The summed E-state index contributed by atoms with van der Waals surface area (Å²) in [6, 6.07) is 9.81. The number of carbonyl (C=O) groups is 1. The van der Waals surface area contributed by atoms with Crippen LogP contribution in [0.4, 0.5) is 11.4 Å². The van der Waals surface area contributed by atoms with Gasteiger partial charge < -0.3 is 4.90 Å². The number of nitro benzene ring substituents is 1. The lowest BCUT2D eigenvalue weighted by Crippen LogP contribution is -2.36. The molecule has 0 fully saturated rings. The standard InChI is InChI=1S/C16H17N3O3S/c1-3-18(13-8-10-17-11-9-13)16(20)12(2)23-15-6-4-14(5-7-15)19(21)22/h4-12H,3H2,1-2H3. The molecule has 0 N–H and O–H groups in total. The number of benzene rings is 1. The molecular weight excluding hydrogens is 314 g/mol. The van der Waals surface area contributed by atoms with Crippen LogP contribution in [-0.2, 0) is 4.79 Å². The van der Waals surface area contributed by atoms with Crippen molar-refractivity contribution in [2.24, 2.45) is 0 Å². The summed E-state index contributed by atoms with van der Waals surface area (Å²) in [4.78, 5) is 29.3. The molecule has 1 heterocycles. The number of nitro groups is 1. The van der Waals surface area contributed by atoms with Gasteiger partial charge >= 0.3 is 0 Å². The van der Waals surface area contributed by atoms with Crippen LogP contribution in [0.5, 0.6) is 0 Å². The third-order valence-electron chi connectivity index (χ3n) is 3.26. The highest BCUT2D eigenvalue weighted by atomic mass is 32.2. The highest BCUT2D eigenvalue weighted by molar-refractivity contribution is 8.00. The second kappa shape index (κ2) is 7.73. The molecule has 0 radical (unpaired) electrons. The van der Waals surface area contributed by atoms with Crippen LogP contribution in [-0.4, -0.2) is 27.6 Å². The van der Waals surface area contributed by atoms with Gasteiger partial charge in [0, 0.05) is 41.7 Å². The van der Waals surface area contributed by atoms with Gasteiger partial charge in [0.05, 0.1) is 10.2 Å². The molecule has 1 atom stereocenters. The van der Waals surface area contributed by atoms with Crippen LogP contribution in [0.3, 0.4) is 0 Å². The number of rotatable bonds is 6. The van der Waals surface area contributed by atoms with Gasteiger partial charge in [-0.2, -0.15) is 0 Å². The highest BCUT2D eigenvalue weighted by Gasteiger charge is 2.21. The van der Waals surface area contributed by atoms with Gasteiger partial charge in [0.25, 0.3) is 5.69 Å². The number of non-ortho nitro benzene ring substituents is 1. The van der Waals surface area contributed by atoms with Crippen molar-refractivity contribution in [2.75, 3.05) is 11.4 Å². The Morgan fingerprint density at radius 2 is 1.87 bits per heavy atom. The van der Waals surface area contributed by atoms with Crippen LogP contribution < -0.4 is 4.90 Å². The van der Waals surface area contributed by atoms with Gasteiger partial charge in [-0.05, 0) is 38.1 Å². The number of aromatic nitrogens is 1. The van der Waals surface area contributed by atoms with Crippen molar-refractivity contribution >= 4 is 29.0 Å². The molecule has 0 saturated carbocycles. The first kappa shape index (κ1) is 17.0. The van der Waals surface area contributed by atoms with Gasteiger partial charge in [0.1, 0.15) is 0 Å². The number of amides is 1. The van der Waals surface area contributed by atoms with E-state index in [1.165, 1.54) is 23.9 Å². The SMILES string of the molecule is CCN(C(=O)C(C)Sc1ccc([N+](=O)[O-])cc1)c1ccncc1. The third-order valence-corrected chi connectivity index (χ3v) is 4.36. The Hall–Kier alpha value is -2.41. The predicted octanol–water partition coefficient (Wildman–Crippen LogP) is 3.52. The van der Waals surface area contributed by atoms with Crippen LogP contribution in [0.1, 0.15) is 13.8 Å². The van der Waals surface area contributed by atoms with Gasteiger partial charge in [-0.1, -0.05) is 0 Å². The Bertz CT molecular complexity index is 677. The summed E-state index contributed by atoms with van der Waals surface area (Å²) in [5.74, 6) is -0.0120. The summed E-state index contributed by atoms with van der Waals surface area (Å²) in [5.41, 5.74) is 0.851. The van der Waals surface area contributed by atoms with E-state index in [1.54, 1.807) is 41.6 Å². The zero-order valence-electron chi connectivity index (χ0n) is 12.9. The lowest BCUT2D eigenvalue weighted by molar-refractivity contribution is -0.384. The lowest BCUT2D eigenvalue weighted by Gasteiger charge is -2.24. The average Bonchev–Trinajstić information content (AvgIpc) is 2.57. The first-order valence-corrected chi connectivity index (χ1v) is 8.03. The molecule has 6 nitrogen and oxygen atoms in total. The highest BCUT2D eigenvalue weighted by Crippen LogP contribution is 2.27. The van der Waals surface area contributed by atoms with Gasteiger partial charge in [-0.25, -0.2) is 0 Å². The monoisotopic (exact) mass is 331 g/mol. The number of nitrogens with zero attached hydrogens (tertiary/aromatic N) is 3. The van der Waals surface area contributed by atoms with Gasteiger partial charge in [0.15, 0.2) is 0 Å². The van der Waals surface area contributed by atoms with E-state index in [4.69, 9.17) is 0 Å². The summed E-state index contributed by atoms with van der Waals surface area (Å²) in [5, 5.41) is 10.4. The van der Waals surface area contributed by atoms with Crippen molar-refractivity contribution in [3.8, 4) is 0 Å². The largest absolute Gasteiger partial charge is 0.312 e. The summed E-state index contributed by atoms with van der Waals surface area (Å²) in [7, 11) is 0. The van der Waals surface area contributed by atoms with Crippen LogP contribution in [0, 0.1) is 10.1 Å². The van der Waals surface area contributed by atoms with Crippen molar-refractivity contribution in [1.29, 1.82) is 0 Å². The van der Waals surface area contributed by atoms with Crippen molar-refractivity contribution in [3.63, 3.8) is 0 Å². The Kier molecular flexibility index (Phi) is 5.70.